The lowest BCUT2D eigenvalue weighted by atomic mass is 10.0. The lowest BCUT2D eigenvalue weighted by Gasteiger charge is -2.12. The second-order valence-corrected chi connectivity index (χ2v) is 8.52. The Morgan fingerprint density at radius 3 is 2.66 bits per heavy atom. The van der Waals surface area contributed by atoms with Gasteiger partial charge in [0.2, 0.25) is 11.8 Å². The first-order valence-corrected chi connectivity index (χ1v) is 10.7. The lowest BCUT2D eigenvalue weighted by molar-refractivity contribution is 0.270. The molecule has 8 heteroatoms. The van der Waals surface area contributed by atoms with Gasteiger partial charge in [0, 0.05) is 36.7 Å². The molecule has 0 radical (unpaired) electrons. The van der Waals surface area contributed by atoms with Gasteiger partial charge in [-0.1, -0.05) is 6.07 Å². The van der Waals surface area contributed by atoms with Crippen LogP contribution in [0.25, 0.3) is 33.1 Å². The number of fused-ring (bicyclic) bond motifs is 3. The Morgan fingerprint density at radius 1 is 1.19 bits per heavy atom. The second-order valence-electron chi connectivity index (χ2n) is 8.52. The van der Waals surface area contributed by atoms with E-state index in [4.69, 9.17) is 4.74 Å². The van der Waals surface area contributed by atoms with Crippen LogP contribution < -0.4 is 10.4 Å². The molecular weight excluding hydrogens is 409 g/mol. The van der Waals surface area contributed by atoms with Crippen molar-refractivity contribution in [2.75, 3.05) is 27.2 Å². The summed E-state index contributed by atoms with van der Waals surface area (Å²) in [6, 6.07) is 8.88. The minimum atomic E-state index is -0.594. The van der Waals surface area contributed by atoms with E-state index in [2.05, 4.69) is 14.9 Å². The molecule has 4 rings (SSSR count). The van der Waals surface area contributed by atoms with E-state index >= 15 is 0 Å². The largest absolute Gasteiger partial charge is 0.478 e. The molecule has 0 saturated carbocycles. The Bertz CT molecular complexity index is 1340. The van der Waals surface area contributed by atoms with Gasteiger partial charge in [-0.15, -0.1) is 0 Å². The summed E-state index contributed by atoms with van der Waals surface area (Å²) in [6.07, 6.45) is 2.54. The highest BCUT2D eigenvalue weighted by Gasteiger charge is 2.18. The van der Waals surface area contributed by atoms with Gasteiger partial charge >= 0.3 is 5.69 Å². The van der Waals surface area contributed by atoms with Crippen molar-refractivity contribution >= 4 is 21.9 Å². The number of aromatic nitrogens is 4. The van der Waals surface area contributed by atoms with Crippen LogP contribution in [0.5, 0.6) is 5.88 Å². The summed E-state index contributed by atoms with van der Waals surface area (Å²) < 4.78 is 23.8. The van der Waals surface area contributed by atoms with E-state index in [0.717, 1.165) is 34.9 Å². The molecule has 0 fully saturated rings. The average Bonchev–Trinajstić information content (AvgIpc) is 3.02. The molecule has 168 valence electrons. The molecule has 0 aliphatic rings. The van der Waals surface area contributed by atoms with E-state index in [1.54, 1.807) is 34.5 Å². The van der Waals surface area contributed by atoms with Crippen LogP contribution in [0.2, 0.25) is 0 Å². The highest BCUT2D eigenvalue weighted by molar-refractivity contribution is 6.04. The van der Waals surface area contributed by atoms with Crippen molar-refractivity contribution in [3.63, 3.8) is 0 Å². The van der Waals surface area contributed by atoms with Gasteiger partial charge < -0.3 is 9.64 Å². The summed E-state index contributed by atoms with van der Waals surface area (Å²) in [4.78, 5) is 23.3. The van der Waals surface area contributed by atoms with Crippen molar-refractivity contribution in [2.45, 2.75) is 26.3 Å². The maximum Gasteiger partial charge on any atom is 0.329 e. The summed E-state index contributed by atoms with van der Waals surface area (Å²) in [5, 5.41) is 0.801. The van der Waals surface area contributed by atoms with Crippen LogP contribution in [0.15, 0.2) is 41.3 Å². The minimum Gasteiger partial charge on any atom is -0.478 e. The molecule has 7 nitrogen and oxygen atoms in total. The summed E-state index contributed by atoms with van der Waals surface area (Å²) in [6.45, 7) is 5.31. The SMILES string of the molecule is CC(C)n1c(=O)n(C)c2cnc3ccc(-c4ccc(OCCCN(C)C)nc4F)cc3c21. The monoisotopic (exact) mass is 437 g/mol. The number of pyridine rings is 2. The average molecular weight is 438 g/mol. The van der Waals surface area contributed by atoms with Crippen molar-refractivity contribution in [3.8, 4) is 17.0 Å². The molecule has 3 heterocycles. The van der Waals surface area contributed by atoms with Crippen molar-refractivity contribution < 1.29 is 9.13 Å². The molecule has 0 amide bonds. The predicted octanol–water partition coefficient (Wildman–Crippen LogP) is 4.00. The third kappa shape index (κ3) is 3.98. The predicted molar refractivity (Wildman–Crippen MR) is 125 cm³/mol. The molecule has 0 aliphatic carbocycles. The quantitative estimate of drug-likeness (QED) is 0.323. The van der Waals surface area contributed by atoms with Gasteiger partial charge in [0.1, 0.15) is 0 Å². The molecule has 0 unspecified atom stereocenters. The number of rotatable bonds is 7. The number of halogens is 1. The zero-order valence-corrected chi connectivity index (χ0v) is 19.1. The minimum absolute atomic E-state index is 0.0252. The normalized spacial score (nSPS) is 11.9. The number of nitrogens with zero attached hydrogens (tertiary/aromatic N) is 5. The highest BCUT2D eigenvalue weighted by atomic mass is 19.1. The zero-order chi connectivity index (χ0) is 23.0. The summed E-state index contributed by atoms with van der Waals surface area (Å²) in [5.74, 6) is -0.324. The van der Waals surface area contributed by atoms with E-state index < -0.39 is 5.95 Å². The van der Waals surface area contributed by atoms with Gasteiger partial charge in [0.15, 0.2) is 0 Å². The number of aryl methyl sites for hydroxylation is 1. The van der Waals surface area contributed by atoms with E-state index in [1.165, 1.54) is 0 Å². The zero-order valence-electron chi connectivity index (χ0n) is 19.1. The van der Waals surface area contributed by atoms with E-state index in [9.17, 15) is 9.18 Å². The van der Waals surface area contributed by atoms with Gasteiger partial charge in [-0.3, -0.25) is 14.1 Å². The van der Waals surface area contributed by atoms with Crippen LogP contribution in [0.3, 0.4) is 0 Å². The number of ether oxygens (including phenoxy) is 1. The van der Waals surface area contributed by atoms with Gasteiger partial charge in [-0.25, -0.2) is 4.79 Å². The van der Waals surface area contributed by atoms with E-state index in [-0.39, 0.29) is 17.6 Å². The molecule has 4 aromatic rings. The molecule has 0 atom stereocenters. The van der Waals surface area contributed by atoms with Gasteiger partial charge in [0.05, 0.1) is 29.4 Å². The summed E-state index contributed by atoms with van der Waals surface area (Å²) in [7, 11) is 5.73. The molecule has 0 aliphatic heterocycles. The fourth-order valence-corrected chi connectivity index (χ4v) is 3.94. The van der Waals surface area contributed by atoms with Crippen LogP contribution in [-0.4, -0.2) is 51.2 Å². The van der Waals surface area contributed by atoms with E-state index in [1.807, 2.05) is 46.1 Å². The highest BCUT2D eigenvalue weighted by Crippen LogP contribution is 2.31. The fourth-order valence-electron chi connectivity index (χ4n) is 3.94. The first-order valence-electron chi connectivity index (χ1n) is 10.7. The molecule has 0 spiro atoms. The second kappa shape index (κ2) is 8.70. The van der Waals surface area contributed by atoms with Crippen molar-refractivity contribution in [3.05, 3.63) is 53.0 Å². The Labute approximate surface area is 186 Å². The molecule has 32 heavy (non-hydrogen) atoms. The third-order valence-corrected chi connectivity index (χ3v) is 5.57. The number of hydrogen-bond donors (Lipinski definition) is 0. The fraction of sp³-hybridized carbons (Fsp3) is 0.375. The first kappa shape index (κ1) is 22.0. The topological polar surface area (TPSA) is 65.2 Å². The molecular formula is C24H28FN5O2. The number of imidazole rings is 1. The van der Waals surface area contributed by atoms with Gasteiger partial charge in [0.25, 0.3) is 0 Å². The standard InChI is InChI=1S/C24H28FN5O2/c1-15(2)30-22-18-13-16(7-9-19(18)26-14-20(22)29(5)24(30)31)17-8-10-21(27-23(17)25)32-12-6-11-28(3)4/h7-10,13-15H,6,11-12H2,1-5H3. The van der Waals surface area contributed by atoms with Crippen LogP contribution >= 0.6 is 0 Å². The van der Waals surface area contributed by atoms with Crippen LogP contribution in [0.1, 0.15) is 26.3 Å². The van der Waals surface area contributed by atoms with Crippen molar-refractivity contribution in [1.29, 1.82) is 0 Å². The Morgan fingerprint density at radius 2 is 1.97 bits per heavy atom. The van der Waals surface area contributed by atoms with Gasteiger partial charge in [-0.05, 0) is 58.1 Å². The van der Waals surface area contributed by atoms with Crippen LogP contribution in [-0.2, 0) is 7.05 Å². The molecule has 0 N–H and O–H groups in total. The number of benzene rings is 1. The van der Waals surface area contributed by atoms with Crippen molar-refractivity contribution in [2.24, 2.45) is 7.05 Å². The van der Waals surface area contributed by atoms with Crippen LogP contribution in [0, 0.1) is 5.95 Å². The maximum atomic E-state index is 14.9. The Kier molecular flexibility index (Phi) is 5.97. The molecule has 0 saturated heterocycles. The first-order chi connectivity index (χ1) is 15.3. The molecule has 3 aromatic heterocycles. The maximum absolute atomic E-state index is 14.9. The van der Waals surface area contributed by atoms with Gasteiger partial charge in [-0.2, -0.15) is 9.37 Å². The molecule has 0 bridgehead atoms. The molecule has 1 aromatic carbocycles. The smallest absolute Gasteiger partial charge is 0.329 e. The van der Waals surface area contributed by atoms with Crippen molar-refractivity contribution in [1.82, 2.24) is 24.0 Å². The van der Waals surface area contributed by atoms with E-state index in [0.29, 0.717) is 17.7 Å². The summed E-state index contributed by atoms with van der Waals surface area (Å²) in [5.41, 5.74) is 3.23. The summed E-state index contributed by atoms with van der Waals surface area (Å²) >= 11 is 0. The third-order valence-electron chi connectivity index (χ3n) is 5.57. The lowest BCUT2D eigenvalue weighted by Crippen LogP contribution is -2.23. The van der Waals surface area contributed by atoms with Crippen LogP contribution in [0.4, 0.5) is 4.39 Å². The Hall–Kier alpha value is -3.26. The Balaban J connectivity index is 1.75. The number of hydrogen-bond acceptors (Lipinski definition) is 5.